The van der Waals surface area contributed by atoms with Gasteiger partial charge in [0.25, 0.3) is 0 Å². The summed E-state index contributed by atoms with van der Waals surface area (Å²) in [5.41, 5.74) is 3.28. The molecule has 1 aliphatic rings. The highest BCUT2D eigenvalue weighted by Crippen LogP contribution is 2.20. The lowest BCUT2D eigenvalue weighted by Gasteiger charge is -2.20. The van der Waals surface area contributed by atoms with Gasteiger partial charge in [-0.25, -0.2) is 4.39 Å². The highest BCUT2D eigenvalue weighted by Gasteiger charge is 2.23. The second-order valence-corrected chi connectivity index (χ2v) is 7.16. The molecule has 5 nitrogen and oxygen atoms in total. The van der Waals surface area contributed by atoms with E-state index in [0.29, 0.717) is 6.04 Å². The molecule has 0 amide bonds. The number of H-pyrrole nitrogens is 1. The second-order valence-electron chi connectivity index (χ2n) is 7.16. The topological polar surface area (TPSA) is 55.5 Å². The van der Waals surface area contributed by atoms with E-state index >= 15 is 0 Å². The van der Waals surface area contributed by atoms with Crippen molar-refractivity contribution < 1.29 is 4.39 Å². The van der Waals surface area contributed by atoms with E-state index in [9.17, 15) is 4.39 Å². The maximum absolute atomic E-state index is 13.3. The average molecular weight is 379 g/mol. The maximum atomic E-state index is 13.3. The molecular weight excluding hydrogens is 353 g/mol. The van der Waals surface area contributed by atoms with Crippen molar-refractivity contribution in [3.8, 4) is 0 Å². The summed E-state index contributed by atoms with van der Waals surface area (Å²) in [5.74, 6) is 0.607. The van der Waals surface area contributed by atoms with Gasteiger partial charge in [-0.1, -0.05) is 18.2 Å². The van der Waals surface area contributed by atoms with Crippen LogP contribution < -0.4 is 15.5 Å². The summed E-state index contributed by atoms with van der Waals surface area (Å²) in [6.45, 7) is 2.78. The Morgan fingerprint density at radius 3 is 2.93 bits per heavy atom. The van der Waals surface area contributed by atoms with Crippen LogP contribution in [0.1, 0.15) is 12.0 Å². The van der Waals surface area contributed by atoms with Gasteiger partial charge in [0.2, 0.25) is 0 Å². The Hall–Kier alpha value is -3.02. The van der Waals surface area contributed by atoms with Crippen LogP contribution in [-0.2, 0) is 6.42 Å². The molecule has 6 heteroatoms. The number of guanidine groups is 1. The van der Waals surface area contributed by atoms with E-state index in [4.69, 9.17) is 0 Å². The van der Waals surface area contributed by atoms with Crippen molar-refractivity contribution in [1.82, 2.24) is 15.6 Å². The van der Waals surface area contributed by atoms with E-state index in [1.54, 1.807) is 7.05 Å². The van der Waals surface area contributed by atoms with Crippen molar-refractivity contribution in [2.75, 3.05) is 31.6 Å². The van der Waals surface area contributed by atoms with E-state index in [1.807, 2.05) is 18.3 Å². The quantitative estimate of drug-likeness (QED) is 0.471. The lowest BCUT2D eigenvalue weighted by molar-refractivity contribution is 0.629. The van der Waals surface area contributed by atoms with Crippen LogP contribution in [-0.4, -0.2) is 43.7 Å². The van der Waals surface area contributed by atoms with Gasteiger partial charge in [0.15, 0.2) is 5.96 Å². The predicted octanol–water partition coefficient (Wildman–Crippen LogP) is 3.29. The summed E-state index contributed by atoms with van der Waals surface area (Å²) in [6.07, 6.45) is 3.88. The lowest BCUT2D eigenvalue weighted by atomic mass is 10.1. The standard InChI is InChI=1S/C22H26FN5/c1-24-22(27-18-10-12-28(15-18)19-5-3-2-4-6-19)25-11-9-16-14-26-21-13-17(23)7-8-20(16)21/h2-8,13-14,18,26H,9-12,15H2,1H3,(H2,24,25,27). The van der Waals surface area contributed by atoms with Gasteiger partial charge in [0.05, 0.1) is 0 Å². The molecule has 2 aromatic carbocycles. The molecule has 1 unspecified atom stereocenters. The number of fused-ring (bicyclic) bond motifs is 1. The zero-order chi connectivity index (χ0) is 19.3. The van der Waals surface area contributed by atoms with E-state index in [1.165, 1.54) is 23.4 Å². The number of para-hydroxylation sites is 1. The number of rotatable bonds is 5. The molecule has 4 rings (SSSR count). The lowest BCUT2D eigenvalue weighted by Crippen LogP contribution is -2.45. The first-order valence-corrected chi connectivity index (χ1v) is 9.75. The average Bonchev–Trinajstić information content (AvgIpc) is 3.35. The Morgan fingerprint density at radius 2 is 2.11 bits per heavy atom. The number of hydrogen-bond donors (Lipinski definition) is 3. The number of halogens is 1. The summed E-state index contributed by atoms with van der Waals surface area (Å²) in [6, 6.07) is 15.8. The van der Waals surface area contributed by atoms with Crippen molar-refractivity contribution in [2.45, 2.75) is 18.9 Å². The summed E-state index contributed by atoms with van der Waals surface area (Å²) in [4.78, 5) is 9.90. The first-order valence-electron chi connectivity index (χ1n) is 9.75. The third-order valence-corrected chi connectivity index (χ3v) is 5.29. The monoisotopic (exact) mass is 379 g/mol. The van der Waals surface area contributed by atoms with Crippen LogP contribution in [0.4, 0.5) is 10.1 Å². The minimum absolute atomic E-state index is 0.218. The van der Waals surface area contributed by atoms with E-state index in [-0.39, 0.29) is 5.82 Å². The number of benzene rings is 2. The predicted molar refractivity (Wildman–Crippen MR) is 114 cm³/mol. The number of anilines is 1. The van der Waals surface area contributed by atoms with E-state index in [2.05, 4.69) is 49.8 Å². The van der Waals surface area contributed by atoms with Gasteiger partial charge in [-0.2, -0.15) is 0 Å². The van der Waals surface area contributed by atoms with Crippen LogP contribution in [0, 0.1) is 5.82 Å². The van der Waals surface area contributed by atoms with Crippen LogP contribution >= 0.6 is 0 Å². The van der Waals surface area contributed by atoms with Gasteiger partial charge >= 0.3 is 0 Å². The molecule has 1 aliphatic heterocycles. The molecule has 1 saturated heterocycles. The summed E-state index contributed by atoms with van der Waals surface area (Å²) in [7, 11) is 1.80. The van der Waals surface area contributed by atoms with Gasteiger partial charge in [0.1, 0.15) is 5.82 Å². The molecule has 2 heterocycles. The molecule has 1 fully saturated rings. The molecule has 0 radical (unpaired) electrons. The normalized spacial score (nSPS) is 17.3. The Labute approximate surface area is 164 Å². The van der Waals surface area contributed by atoms with Crippen LogP contribution in [0.25, 0.3) is 10.9 Å². The fourth-order valence-corrected chi connectivity index (χ4v) is 3.82. The van der Waals surface area contributed by atoms with Crippen molar-refractivity contribution in [1.29, 1.82) is 0 Å². The molecule has 1 atom stereocenters. The smallest absolute Gasteiger partial charge is 0.191 e. The van der Waals surface area contributed by atoms with Crippen molar-refractivity contribution in [2.24, 2.45) is 4.99 Å². The van der Waals surface area contributed by atoms with Gasteiger partial charge in [0, 0.05) is 55.5 Å². The van der Waals surface area contributed by atoms with E-state index < -0.39 is 0 Å². The Kier molecular flexibility index (Phi) is 5.46. The van der Waals surface area contributed by atoms with Crippen molar-refractivity contribution in [3.63, 3.8) is 0 Å². The van der Waals surface area contributed by atoms with Gasteiger partial charge in [-0.15, -0.1) is 0 Å². The maximum Gasteiger partial charge on any atom is 0.191 e. The highest BCUT2D eigenvalue weighted by molar-refractivity contribution is 5.83. The summed E-state index contributed by atoms with van der Waals surface area (Å²) < 4.78 is 13.3. The Morgan fingerprint density at radius 1 is 1.25 bits per heavy atom. The number of aromatic amines is 1. The molecule has 1 aromatic heterocycles. The largest absolute Gasteiger partial charge is 0.369 e. The highest BCUT2D eigenvalue weighted by atomic mass is 19.1. The SMILES string of the molecule is CN=C(NCCc1c[nH]c2cc(F)ccc12)NC1CCN(c2ccccc2)C1. The van der Waals surface area contributed by atoms with Crippen LogP contribution in [0.5, 0.6) is 0 Å². The van der Waals surface area contributed by atoms with Crippen molar-refractivity contribution >= 4 is 22.5 Å². The third kappa shape index (κ3) is 4.11. The minimum Gasteiger partial charge on any atom is -0.369 e. The Bertz CT molecular complexity index is 950. The number of aliphatic imine (C=N–C) groups is 1. The van der Waals surface area contributed by atoms with Crippen LogP contribution in [0.3, 0.4) is 0 Å². The summed E-state index contributed by atoms with van der Waals surface area (Å²) >= 11 is 0. The molecular formula is C22H26FN5. The first-order chi connectivity index (χ1) is 13.7. The minimum atomic E-state index is -0.218. The summed E-state index contributed by atoms with van der Waals surface area (Å²) in [5, 5.41) is 8.00. The molecule has 146 valence electrons. The first kappa shape index (κ1) is 18.3. The molecule has 0 saturated carbocycles. The van der Waals surface area contributed by atoms with Gasteiger partial charge < -0.3 is 20.5 Å². The molecule has 28 heavy (non-hydrogen) atoms. The zero-order valence-electron chi connectivity index (χ0n) is 16.1. The van der Waals surface area contributed by atoms with Gasteiger partial charge in [-0.3, -0.25) is 4.99 Å². The molecule has 3 N–H and O–H groups in total. The van der Waals surface area contributed by atoms with Gasteiger partial charge in [-0.05, 0) is 48.7 Å². The number of nitrogens with zero attached hydrogens (tertiary/aromatic N) is 2. The fraction of sp³-hybridized carbons (Fsp3) is 0.318. The number of hydrogen-bond acceptors (Lipinski definition) is 2. The number of aromatic nitrogens is 1. The Balaban J connectivity index is 1.28. The van der Waals surface area contributed by atoms with Crippen LogP contribution in [0.2, 0.25) is 0 Å². The molecule has 0 spiro atoms. The zero-order valence-corrected chi connectivity index (χ0v) is 16.1. The third-order valence-electron chi connectivity index (χ3n) is 5.29. The van der Waals surface area contributed by atoms with E-state index in [0.717, 1.165) is 49.3 Å². The second kappa shape index (κ2) is 8.33. The fourth-order valence-electron chi connectivity index (χ4n) is 3.82. The van der Waals surface area contributed by atoms with Crippen molar-refractivity contribution in [3.05, 3.63) is 66.1 Å². The molecule has 0 aliphatic carbocycles. The molecule has 0 bridgehead atoms. The van der Waals surface area contributed by atoms with Crippen LogP contribution in [0.15, 0.2) is 59.7 Å². The number of nitrogens with one attached hydrogen (secondary N) is 3. The molecule has 3 aromatic rings.